The largest absolute Gasteiger partial charge is 0.466 e. The normalized spacial score (nSPS) is 12.6. The van der Waals surface area contributed by atoms with Gasteiger partial charge in [-0.1, -0.05) is 404 Å². The van der Waals surface area contributed by atoms with Crippen molar-refractivity contribution in [1.29, 1.82) is 0 Å². The number of rotatable bonds is 75. The number of hydrogen-bond acceptors (Lipinski definition) is 5. The monoisotopic (exact) mass is 1210 g/mol. The Morgan fingerprint density at radius 2 is 0.547 bits per heavy atom. The molecule has 0 saturated carbocycles. The van der Waals surface area contributed by atoms with Crippen molar-refractivity contribution in [3.05, 3.63) is 24.3 Å². The summed E-state index contributed by atoms with van der Waals surface area (Å²) in [4.78, 5) is 24.6. The highest BCUT2D eigenvalue weighted by molar-refractivity contribution is 5.76. The number of nitrogens with one attached hydrogen (secondary N) is 1. The zero-order chi connectivity index (χ0) is 62.0. The highest BCUT2D eigenvalue weighted by Gasteiger charge is 2.18. The van der Waals surface area contributed by atoms with E-state index in [0.717, 1.165) is 38.5 Å². The van der Waals surface area contributed by atoms with Crippen molar-refractivity contribution in [3.63, 3.8) is 0 Å². The third-order valence-electron chi connectivity index (χ3n) is 18.7. The molecule has 510 valence electrons. The molecule has 0 aliphatic carbocycles. The summed E-state index contributed by atoms with van der Waals surface area (Å²) in [5.74, 6) is -0.0388. The van der Waals surface area contributed by atoms with E-state index >= 15 is 0 Å². The van der Waals surface area contributed by atoms with Gasteiger partial charge in [-0.05, 0) is 57.8 Å². The second-order valence-corrected chi connectivity index (χ2v) is 27.4. The van der Waals surface area contributed by atoms with Crippen LogP contribution in [0.25, 0.3) is 0 Å². The Bertz CT molecular complexity index is 1350. The average molecular weight is 1210 g/mol. The predicted octanol–water partition coefficient (Wildman–Crippen LogP) is 26.0. The molecule has 0 aromatic heterocycles. The molecule has 1 amide bonds. The summed E-state index contributed by atoms with van der Waals surface area (Å²) in [6.07, 6.45) is 97.3. The Kier molecular flexibility index (Phi) is 74.3. The molecule has 0 saturated heterocycles. The van der Waals surface area contributed by atoms with E-state index in [1.54, 1.807) is 6.08 Å². The lowest BCUT2D eigenvalue weighted by molar-refractivity contribution is -0.143. The molecule has 0 spiro atoms. The lowest BCUT2D eigenvalue weighted by Gasteiger charge is -2.20. The van der Waals surface area contributed by atoms with E-state index in [1.165, 1.54) is 385 Å². The standard InChI is InChI=1S/C80H155NO5/c1-3-5-7-9-11-13-15-17-18-19-20-21-33-36-39-42-45-49-52-56-60-64-68-72-78(83)77(76-82)81-79(84)73-69-65-61-57-53-50-46-43-40-37-34-31-29-27-25-23-22-24-26-28-30-32-35-38-41-44-47-51-55-59-63-67-71-75-86-80(85)74-70-66-62-58-54-48-16-14-12-10-8-6-4-2/h26,28,68,72,77-78,82-83H,3-25,27,29-67,69-71,73-76H2,1-2H3,(H,81,84)/b28-26-,72-68+. The average Bonchev–Trinajstić information content (AvgIpc) is 3.57. The Hall–Kier alpha value is -1.66. The number of allylic oxidation sites excluding steroid dienone is 3. The summed E-state index contributed by atoms with van der Waals surface area (Å²) in [7, 11) is 0. The summed E-state index contributed by atoms with van der Waals surface area (Å²) in [6, 6.07) is -0.627. The third kappa shape index (κ3) is 71.4. The number of aliphatic hydroxyl groups excluding tert-OH is 2. The fourth-order valence-corrected chi connectivity index (χ4v) is 12.7. The highest BCUT2D eigenvalue weighted by Crippen LogP contribution is 2.20. The van der Waals surface area contributed by atoms with Crippen LogP contribution in [-0.4, -0.2) is 47.4 Å². The summed E-state index contributed by atoms with van der Waals surface area (Å²) < 4.78 is 5.49. The summed E-state index contributed by atoms with van der Waals surface area (Å²) >= 11 is 0. The Morgan fingerprint density at radius 3 is 0.826 bits per heavy atom. The molecule has 0 aliphatic heterocycles. The van der Waals surface area contributed by atoms with Gasteiger partial charge < -0.3 is 20.3 Å². The third-order valence-corrected chi connectivity index (χ3v) is 18.7. The number of hydrogen-bond donors (Lipinski definition) is 3. The fourth-order valence-electron chi connectivity index (χ4n) is 12.7. The molecule has 0 rings (SSSR count). The van der Waals surface area contributed by atoms with Gasteiger partial charge in [0.1, 0.15) is 0 Å². The molecule has 6 heteroatoms. The van der Waals surface area contributed by atoms with Crippen molar-refractivity contribution in [2.24, 2.45) is 0 Å². The van der Waals surface area contributed by atoms with Gasteiger partial charge in [0.15, 0.2) is 0 Å². The molecule has 0 fully saturated rings. The van der Waals surface area contributed by atoms with Crippen molar-refractivity contribution in [1.82, 2.24) is 5.32 Å². The van der Waals surface area contributed by atoms with Crippen molar-refractivity contribution in [2.75, 3.05) is 13.2 Å². The molecule has 0 aromatic rings. The maximum Gasteiger partial charge on any atom is 0.305 e. The van der Waals surface area contributed by atoms with E-state index < -0.39 is 12.1 Å². The van der Waals surface area contributed by atoms with Gasteiger partial charge in [-0.2, -0.15) is 0 Å². The highest BCUT2D eigenvalue weighted by atomic mass is 16.5. The first-order valence-corrected chi connectivity index (χ1v) is 39.6. The van der Waals surface area contributed by atoms with E-state index in [4.69, 9.17) is 4.74 Å². The topological polar surface area (TPSA) is 95.9 Å². The molecule has 2 unspecified atom stereocenters. The maximum absolute atomic E-state index is 12.5. The zero-order valence-corrected chi connectivity index (χ0v) is 58.6. The van der Waals surface area contributed by atoms with Gasteiger partial charge in [0.2, 0.25) is 5.91 Å². The zero-order valence-electron chi connectivity index (χ0n) is 58.6. The predicted molar refractivity (Wildman–Crippen MR) is 380 cm³/mol. The van der Waals surface area contributed by atoms with Crippen LogP contribution in [0.3, 0.4) is 0 Å². The number of aliphatic hydroxyl groups is 2. The first-order valence-electron chi connectivity index (χ1n) is 39.6. The first-order chi connectivity index (χ1) is 42.5. The van der Waals surface area contributed by atoms with Gasteiger partial charge in [-0.15, -0.1) is 0 Å². The van der Waals surface area contributed by atoms with E-state index in [9.17, 15) is 19.8 Å². The van der Waals surface area contributed by atoms with Crippen molar-refractivity contribution >= 4 is 11.9 Å². The van der Waals surface area contributed by atoms with Gasteiger partial charge in [0.05, 0.1) is 25.4 Å². The second-order valence-electron chi connectivity index (χ2n) is 27.4. The number of ether oxygens (including phenoxy) is 1. The Labute approximate surface area is 539 Å². The van der Waals surface area contributed by atoms with E-state index in [1.807, 2.05) is 6.08 Å². The van der Waals surface area contributed by atoms with Gasteiger partial charge >= 0.3 is 5.97 Å². The van der Waals surface area contributed by atoms with Crippen LogP contribution >= 0.6 is 0 Å². The van der Waals surface area contributed by atoms with Crippen LogP contribution in [0.1, 0.15) is 450 Å². The Balaban J connectivity index is 3.37. The lowest BCUT2D eigenvalue weighted by atomic mass is 10.0. The molecular weight excluding hydrogens is 1050 g/mol. The molecule has 0 heterocycles. The molecule has 86 heavy (non-hydrogen) atoms. The summed E-state index contributed by atoms with van der Waals surface area (Å²) in [5, 5.41) is 23.3. The molecule has 0 aromatic carbocycles. The van der Waals surface area contributed by atoms with Crippen LogP contribution in [-0.2, 0) is 14.3 Å². The van der Waals surface area contributed by atoms with Crippen LogP contribution < -0.4 is 5.32 Å². The first kappa shape index (κ1) is 84.3. The molecule has 0 radical (unpaired) electrons. The number of carbonyl (C=O) groups is 2. The quantitative estimate of drug-likeness (QED) is 0.0320. The smallest absolute Gasteiger partial charge is 0.305 e. The minimum atomic E-state index is -0.843. The molecule has 2 atom stereocenters. The lowest BCUT2D eigenvalue weighted by Crippen LogP contribution is -2.45. The van der Waals surface area contributed by atoms with Crippen LogP contribution in [0.2, 0.25) is 0 Å². The maximum atomic E-state index is 12.5. The van der Waals surface area contributed by atoms with E-state index in [-0.39, 0.29) is 18.5 Å². The van der Waals surface area contributed by atoms with Crippen LogP contribution in [0, 0.1) is 0 Å². The van der Waals surface area contributed by atoms with Crippen LogP contribution in [0.5, 0.6) is 0 Å². The number of amides is 1. The van der Waals surface area contributed by atoms with Crippen molar-refractivity contribution in [3.8, 4) is 0 Å². The van der Waals surface area contributed by atoms with Crippen LogP contribution in [0.15, 0.2) is 24.3 Å². The number of carbonyl (C=O) groups excluding carboxylic acids is 2. The minimum Gasteiger partial charge on any atom is -0.466 e. The summed E-state index contributed by atoms with van der Waals surface area (Å²) in [6.45, 7) is 4.96. The van der Waals surface area contributed by atoms with Gasteiger partial charge in [-0.3, -0.25) is 9.59 Å². The number of unbranched alkanes of at least 4 members (excludes halogenated alkanes) is 62. The van der Waals surface area contributed by atoms with Crippen LogP contribution in [0.4, 0.5) is 0 Å². The van der Waals surface area contributed by atoms with Crippen molar-refractivity contribution < 1.29 is 24.5 Å². The fraction of sp³-hybridized carbons (Fsp3) is 0.925. The molecule has 6 nitrogen and oxygen atoms in total. The Morgan fingerprint density at radius 1 is 0.314 bits per heavy atom. The molecule has 3 N–H and O–H groups in total. The van der Waals surface area contributed by atoms with Crippen molar-refractivity contribution in [2.45, 2.75) is 463 Å². The SMILES string of the molecule is CCCCCCCCCCCCCCCCCCCCCCC/C=C/C(O)C(CO)NC(=O)CCCCCCCCCCCCCCCCCCC/C=C\CCCCCCCCCCCCCCOC(=O)CCCCCCCCCCCCCCC. The number of esters is 1. The summed E-state index contributed by atoms with van der Waals surface area (Å²) in [5.41, 5.74) is 0. The molecular formula is C80H155NO5. The van der Waals surface area contributed by atoms with Gasteiger partial charge in [0, 0.05) is 12.8 Å². The van der Waals surface area contributed by atoms with Gasteiger partial charge in [-0.25, -0.2) is 0 Å². The minimum absolute atomic E-state index is 0.0209. The van der Waals surface area contributed by atoms with E-state index in [2.05, 4.69) is 31.3 Å². The molecule has 0 bridgehead atoms. The van der Waals surface area contributed by atoms with E-state index in [0.29, 0.717) is 19.4 Å². The van der Waals surface area contributed by atoms with Gasteiger partial charge in [0.25, 0.3) is 0 Å². The second kappa shape index (κ2) is 75.8. The molecule has 0 aliphatic rings.